The Morgan fingerprint density at radius 3 is 2.65 bits per heavy atom. The quantitative estimate of drug-likeness (QED) is 0.461. The van der Waals surface area contributed by atoms with Crippen molar-refractivity contribution in [1.29, 1.82) is 0 Å². The number of hydrogen-bond acceptors (Lipinski definition) is 4. The molecule has 0 radical (unpaired) electrons. The zero-order valence-electron chi connectivity index (χ0n) is 9.72. The summed E-state index contributed by atoms with van der Waals surface area (Å²) in [6, 6.07) is 5.25. The van der Waals surface area contributed by atoms with Crippen molar-refractivity contribution >= 4 is 5.78 Å². The maximum atomic E-state index is 13.0. The van der Waals surface area contributed by atoms with E-state index in [0.29, 0.717) is 0 Å². The fourth-order valence-corrected chi connectivity index (χ4v) is 1.34. The minimum Gasteiger partial charge on any atom is -0.383 e. The number of carbonyl (C=O) groups excluding carboxylic acids is 1. The first-order chi connectivity index (χ1) is 7.91. The molecule has 0 aliphatic heterocycles. The van der Waals surface area contributed by atoms with Gasteiger partial charge in [-0.25, -0.2) is 4.39 Å². The Labute approximate surface area is 99.2 Å². The molecule has 0 aliphatic carbocycles. The standard InChI is InChI=1S/C12H15FN2O2/c1-15(2)7-10(12(14)17)11(16)8-4-3-5-9(13)6-8/h3-7,12,17H,14H2,1-2H3/b10-7+/t12-/m0/s1. The van der Waals surface area contributed by atoms with Gasteiger partial charge in [-0.05, 0) is 12.1 Å². The molecule has 0 saturated carbocycles. The summed E-state index contributed by atoms with van der Waals surface area (Å²) in [5, 5.41) is 9.33. The number of carbonyl (C=O) groups is 1. The summed E-state index contributed by atoms with van der Waals surface area (Å²) in [6.07, 6.45) is 0.0194. The molecule has 1 aromatic carbocycles. The third-order valence-corrected chi connectivity index (χ3v) is 2.06. The first-order valence-corrected chi connectivity index (χ1v) is 5.04. The van der Waals surface area contributed by atoms with Crippen molar-refractivity contribution in [2.75, 3.05) is 14.1 Å². The normalized spacial score (nSPS) is 13.4. The molecule has 0 aliphatic rings. The molecule has 5 heteroatoms. The van der Waals surface area contributed by atoms with Crippen LogP contribution in [0.2, 0.25) is 0 Å². The molecule has 0 heterocycles. The Morgan fingerprint density at radius 1 is 1.53 bits per heavy atom. The summed E-state index contributed by atoms with van der Waals surface area (Å²) in [5.74, 6) is -1.00. The highest BCUT2D eigenvalue weighted by Crippen LogP contribution is 2.12. The van der Waals surface area contributed by atoms with Crippen molar-refractivity contribution < 1.29 is 14.3 Å². The molecule has 4 nitrogen and oxygen atoms in total. The number of halogens is 1. The van der Waals surface area contributed by atoms with Crippen LogP contribution in [0.15, 0.2) is 36.0 Å². The molecule has 17 heavy (non-hydrogen) atoms. The molecule has 0 saturated heterocycles. The molecule has 1 rings (SSSR count). The number of aliphatic hydroxyl groups excluding tert-OH is 1. The van der Waals surface area contributed by atoms with Gasteiger partial charge < -0.3 is 15.7 Å². The van der Waals surface area contributed by atoms with E-state index in [1.165, 1.54) is 24.4 Å². The lowest BCUT2D eigenvalue weighted by Gasteiger charge is -2.13. The lowest BCUT2D eigenvalue weighted by atomic mass is 10.0. The number of Topliss-reactive ketones (excluding diaryl/α,β-unsaturated/α-hetero) is 1. The topological polar surface area (TPSA) is 66.6 Å². The van der Waals surface area contributed by atoms with Gasteiger partial charge in [0.15, 0.2) is 5.78 Å². The van der Waals surface area contributed by atoms with Crippen LogP contribution in [0, 0.1) is 5.82 Å². The molecular formula is C12H15FN2O2. The van der Waals surface area contributed by atoms with E-state index in [-0.39, 0.29) is 11.1 Å². The Morgan fingerprint density at radius 2 is 2.18 bits per heavy atom. The SMILES string of the molecule is CN(C)/C=C(\C(=O)c1cccc(F)c1)[C@@H](N)O. The summed E-state index contributed by atoms with van der Waals surface area (Å²) < 4.78 is 13.0. The number of rotatable bonds is 4. The van der Waals surface area contributed by atoms with Gasteiger partial charge in [-0.3, -0.25) is 4.79 Å². The predicted octanol–water partition coefficient (Wildman–Crippen LogP) is 0.731. The number of hydrogen-bond donors (Lipinski definition) is 2. The van der Waals surface area contributed by atoms with Crippen LogP contribution in [-0.2, 0) is 0 Å². The molecule has 0 aromatic heterocycles. The average molecular weight is 238 g/mol. The van der Waals surface area contributed by atoms with Crippen LogP contribution < -0.4 is 5.73 Å². The summed E-state index contributed by atoms with van der Waals surface area (Å²) in [7, 11) is 3.39. The maximum Gasteiger partial charge on any atom is 0.194 e. The first-order valence-electron chi connectivity index (χ1n) is 5.04. The molecule has 0 fully saturated rings. The third kappa shape index (κ3) is 3.65. The van der Waals surface area contributed by atoms with Crippen LogP contribution in [0.4, 0.5) is 4.39 Å². The van der Waals surface area contributed by atoms with Crippen molar-refractivity contribution in [3.63, 3.8) is 0 Å². The van der Waals surface area contributed by atoms with E-state index in [1.807, 2.05) is 0 Å². The molecule has 0 unspecified atom stereocenters. The molecular weight excluding hydrogens is 223 g/mol. The van der Waals surface area contributed by atoms with Gasteiger partial charge in [0, 0.05) is 25.9 Å². The van der Waals surface area contributed by atoms with Crippen LogP contribution in [0.5, 0.6) is 0 Å². The molecule has 3 N–H and O–H groups in total. The first kappa shape index (κ1) is 13.3. The van der Waals surface area contributed by atoms with Gasteiger partial charge in [0.05, 0.1) is 5.57 Å². The van der Waals surface area contributed by atoms with Crippen molar-refractivity contribution in [1.82, 2.24) is 4.90 Å². The summed E-state index contributed by atoms with van der Waals surface area (Å²) in [4.78, 5) is 13.6. The largest absolute Gasteiger partial charge is 0.383 e. The van der Waals surface area contributed by atoms with Gasteiger partial charge in [0.2, 0.25) is 0 Å². The minimum atomic E-state index is -1.40. The van der Waals surface area contributed by atoms with Crippen LogP contribution in [0.1, 0.15) is 10.4 Å². The van der Waals surface area contributed by atoms with Crippen molar-refractivity contribution in [2.24, 2.45) is 5.73 Å². The van der Waals surface area contributed by atoms with E-state index in [1.54, 1.807) is 19.0 Å². The number of aliphatic hydroxyl groups is 1. The molecule has 1 aromatic rings. The highest BCUT2D eigenvalue weighted by Gasteiger charge is 2.18. The van der Waals surface area contributed by atoms with E-state index in [0.717, 1.165) is 6.07 Å². The second kappa shape index (κ2) is 5.56. The van der Waals surface area contributed by atoms with Crippen molar-refractivity contribution in [3.05, 3.63) is 47.4 Å². The zero-order chi connectivity index (χ0) is 13.0. The lowest BCUT2D eigenvalue weighted by Crippen LogP contribution is -2.28. The van der Waals surface area contributed by atoms with E-state index < -0.39 is 17.8 Å². The zero-order valence-corrected chi connectivity index (χ0v) is 9.72. The summed E-state index contributed by atoms with van der Waals surface area (Å²) >= 11 is 0. The molecule has 0 amide bonds. The lowest BCUT2D eigenvalue weighted by molar-refractivity contribution is 0.0986. The Bertz CT molecular complexity index is 442. The van der Waals surface area contributed by atoms with Gasteiger partial charge >= 0.3 is 0 Å². The van der Waals surface area contributed by atoms with E-state index in [4.69, 9.17) is 5.73 Å². The van der Waals surface area contributed by atoms with Crippen molar-refractivity contribution in [2.45, 2.75) is 6.23 Å². The fraction of sp³-hybridized carbons (Fsp3) is 0.250. The average Bonchev–Trinajstić information content (AvgIpc) is 2.24. The second-order valence-electron chi connectivity index (χ2n) is 3.83. The Kier molecular flexibility index (Phi) is 4.37. The smallest absolute Gasteiger partial charge is 0.194 e. The number of nitrogens with zero attached hydrogens (tertiary/aromatic N) is 1. The van der Waals surface area contributed by atoms with Gasteiger partial charge in [-0.2, -0.15) is 0 Å². The minimum absolute atomic E-state index is 0.0144. The molecule has 1 atom stereocenters. The predicted molar refractivity (Wildman–Crippen MR) is 62.7 cm³/mol. The Balaban J connectivity index is 3.09. The monoisotopic (exact) mass is 238 g/mol. The Hall–Kier alpha value is -1.72. The summed E-state index contributed by atoms with van der Waals surface area (Å²) in [5.41, 5.74) is 5.48. The highest BCUT2D eigenvalue weighted by molar-refractivity contribution is 6.09. The van der Waals surface area contributed by atoms with Crippen molar-refractivity contribution in [3.8, 4) is 0 Å². The van der Waals surface area contributed by atoms with E-state index in [9.17, 15) is 14.3 Å². The van der Waals surface area contributed by atoms with Crippen LogP contribution in [0.3, 0.4) is 0 Å². The van der Waals surface area contributed by atoms with Gasteiger partial charge in [0.1, 0.15) is 12.0 Å². The van der Waals surface area contributed by atoms with E-state index in [2.05, 4.69) is 0 Å². The van der Waals surface area contributed by atoms with Crippen LogP contribution in [-0.4, -0.2) is 36.1 Å². The number of benzene rings is 1. The summed E-state index contributed by atoms with van der Waals surface area (Å²) in [6.45, 7) is 0. The molecule has 0 spiro atoms. The highest BCUT2D eigenvalue weighted by atomic mass is 19.1. The van der Waals surface area contributed by atoms with Gasteiger partial charge in [-0.15, -0.1) is 0 Å². The number of ketones is 1. The van der Waals surface area contributed by atoms with E-state index >= 15 is 0 Å². The third-order valence-electron chi connectivity index (χ3n) is 2.06. The van der Waals surface area contributed by atoms with Crippen LogP contribution >= 0.6 is 0 Å². The second-order valence-corrected chi connectivity index (χ2v) is 3.83. The van der Waals surface area contributed by atoms with Gasteiger partial charge in [0.25, 0.3) is 0 Å². The molecule has 0 bridgehead atoms. The fourth-order valence-electron chi connectivity index (χ4n) is 1.34. The molecule has 92 valence electrons. The number of nitrogens with two attached hydrogens (primary N) is 1. The maximum absolute atomic E-state index is 13.0. The van der Waals surface area contributed by atoms with Crippen LogP contribution in [0.25, 0.3) is 0 Å². The van der Waals surface area contributed by atoms with Gasteiger partial charge in [-0.1, -0.05) is 12.1 Å².